The van der Waals surface area contributed by atoms with Crippen LogP contribution >= 0.6 is 25.3 Å². The summed E-state index contributed by atoms with van der Waals surface area (Å²) in [6.45, 7) is 4.81. The lowest BCUT2D eigenvalue weighted by Crippen LogP contribution is -2.09. The Kier molecular flexibility index (Phi) is 9.15. The third-order valence-corrected chi connectivity index (χ3v) is 7.08. The number of hydrogen-bond acceptors (Lipinski definition) is 5. The summed E-state index contributed by atoms with van der Waals surface area (Å²) < 4.78 is 11.9. The number of aromatic nitrogens is 1. The zero-order chi connectivity index (χ0) is 25.3. The standard InChI is InChI=1S/C31H31NO2S2/c1-3-22(2)34-28-17-13-25(14-18-28)24-11-15-27(16-12-24)33-21-19-23-7-9-26(10-8-23)30(35)31(36)29-6-4-5-20-32-29/h4-18,20,22,35-36H,3,19,21H2,1-2H3/b31-30-. The van der Waals surface area contributed by atoms with Crippen molar-refractivity contribution in [1.29, 1.82) is 0 Å². The number of benzene rings is 3. The quantitative estimate of drug-likeness (QED) is 0.209. The maximum atomic E-state index is 5.98. The van der Waals surface area contributed by atoms with E-state index in [0.29, 0.717) is 6.61 Å². The maximum absolute atomic E-state index is 5.98. The predicted octanol–water partition coefficient (Wildman–Crippen LogP) is 8.23. The van der Waals surface area contributed by atoms with E-state index in [2.05, 4.69) is 92.6 Å². The average molecular weight is 514 g/mol. The van der Waals surface area contributed by atoms with Gasteiger partial charge in [-0.25, -0.2) is 0 Å². The van der Waals surface area contributed by atoms with Crippen LogP contribution in [0, 0.1) is 0 Å². The number of pyridine rings is 1. The van der Waals surface area contributed by atoms with Crippen molar-refractivity contribution in [3.05, 3.63) is 114 Å². The van der Waals surface area contributed by atoms with Crippen molar-refractivity contribution in [1.82, 2.24) is 4.98 Å². The van der Waals surface area contributed by atoms with Crippen molar-refractivity contribution in [2.45, 2.75) is 32.8 Å². The Morgan fingerprint density at radius 2 is 1.42 bits per heavy atom. The molecule has 0 aliphatic heterocycles. The summed E-state index contributed by atoms with van der Waals surface area (Å²) in [6.07, 6.45) is 3.79. The van der Waals surface area contributed by atoms with Gasteiger partial charge in [-0.3, -0.25) is 4.98 Å². The summed E-state index contributed by atoms with van der Waals surface area (Å²) in [5.74, 6) is 1.77. The Balaban J connectivity index is 1.30. The minimum Gasteiger partial charge on any atom is -0.493 e. The molecule has 0 saturated carbocycles. The molecular formula is C31H31NO2S2. The minimum absolute atomic E-state index is 0.223. The topological polar surface area (TPSA) is 31.4 Å². The molecular weight excluding hydrogens is 482 g/mol. The molecule has 0 N–H and O–H groups in total. The van der Waals surface area contributed by atoms with Crippen LogP contribution in [-0.2, 0) is 6.42 Å². The highest BCUT2D eigenvalue weighted by Crippen LogP contribution is 2.31. The van der Waals surface area contributed by atoms with E-state index in [-0.39, 0.29) is 6.10 Å². The summed E-state index contributed by atoms with van der Waals surface area (Å²) in [5, 5.41) is 0. The Bertz CT molecular complexity index is 1270. The second-order valence-corrected chi connectivity index (χ2v) is 9.49. The lowest BCUT2D eigenvalue weighted by atomic mass is 10.1. The molecule has 1 unspecified atom stereocenters. The lowest BCUT2D eigenvalue weighted by molar-refractivity contribution is 0.217. The highest BCUT2D eigenvalue weighted by molar-refractivity contribution is 7.96. The fourth-order valence-corrected chi connectivity index (χ4v) is 4.19. The second kappa shape index (κ2) is 12.7. The van der Waals surface area contributed by atoms with Gasteiger partial charge in [-0.1, -0.05) is 61.5 Å². The molecule has 1 heterocycles. The van der Waals surface area contributed by atoms with Crippen LogP contribution in [0.1, 0.15) is 37.1 Å². The van der Waals surface area contributed by atoms with E-state index in [0.717, 1.165) is 56.5 Å². The maximum Gasteiger partial charge on any atom is 0.119 e. The van der Waals surface area contributed by atoms with Crippen molar-refractivity contribution in [2.75, 3.05) is 6.61 Å². The summed E-state index contributed by atoms with van der Waals surface area (Å²) in [6, 6.07) is 30.5. The third-order valence-electron chi connectivity index (χ3n) is 5.97. The Hall–Kier alpha value is -3.15. The van der Waals surface area contributed by atoms with E-state index in [9.17, 15) is 0 Å². The monoisotopic (exact) mass is 513 g/mol. The first-order chi connectivity index (χ1) is 17.5. The molecule has 5 heteroatoms. The lowest BCUT2D eigenvalue weighted by Gasteiger charge is -2.13. The minimum atomic E-state index is 0.223. The molecule has 1 atom stereocenters. The summed E-state index contributed by atoms with van der Waals surface area (Å²) in [4.78, 5) is 5.91. The molecule has 1 aromatic heterocycles. The molecule has 0 aliphatic rings. The second-order valence-electron chi connectivity index (χ2n) is 8.59. The number of nitrogens with zero attached hydrogens (tertiary/aromatic N) is 1. The fraction of sp³-hybridized carbons (Fsp3) is 0.194. The molecule has 4 aromatic rings. The molecule has 3 nitrogen and oxygen atoms in total. The van der Waals surface area contributed by atoms with Gasteiger partial charge >= 0.3 is 0 Å². The Morgan fingerprint density at radius 1 is 0.778 bits per heavy atom. The molecule has 0 saturated heterocycles. The van der Waals surface area contributed by atoms with Gasteiger partial charge in [-0.2, -0.15) is 0 Å². The van der Waals surface area contributed by atoms with Gasteiger partial charge in [-0.15, -0.1) is 25.3 Å². The van der Waals surface area contributed by atoms with Gasteiger partial charge in [0, 0.05) is 22.4 Å². The van der Waals surface area contributed by atoms with Gasteiger partial charge in [0.15, 0.2) is 0 Å². The van der Waals surface area contributed by atoms with Crippen LogP contribution in [0.4, 0.5) is 0 Å². The van der Waals surface area contributed by atoms with Gasteiger partial charge in [0.2, 0.25) is 0 Å². The molecule has 36 heavy (non-hydrogen) atoms. The van der Waals surface area contributed by atoms with E-state index >= 15 is 0 Å². The molecule has 0 bridgehead atoms. The van der Waals surface area contributed by atoms with Crippen LogP contribution < -0.4 is 9.47 Å². The number of rotatable bonds is 10. The largest absolute Gasteiger partial charge is 0.493 e. The zero-order valence-electron chi connectivity index (χ0n) is 20.6. The molecule has 0 radical (unpaired) electrons. The zero-order valence-corrected chi connectivity index (χ0v) is 22.4. The first-order valence-corrected chi connectivity index (χ1v) is 13.1. The Morgan fingerprint density at radius 3 is 2.00 bits per heavy atom. The summed E-state index contributed by atoms with van der Waals surface area (Å²) >= 11 is 9.28. The van der Waals surface area contributed by atoms with Crippen molar-refractivity contribution < 1.29 is 9.47 Å². The van der Waals surface area contributed by atoms with Crippen LogP contribution in [0.5, 0.6) is 11.5 Å². The molecule has 0 fully saturated rings. The van der Waals surface area contributed by atoms with Crippen molar-refractivity contribution >= 4 is 35.1 Å². The van der Waals surface area contributed by atoms with Crippen molar-refractivity contribution in [3.63, 3.8) is 0 Å². The van der Waals surface area contributed by atoms with E-state index in [1.54, 1.807) is 6.20 Å². The van der Waals surface area contributed by atoms with Crippen LogP contribution in [-0.4, -0.2) is 17.7 Å². The SMILES string of the molecule is CCC(C)Oc1ccc(-c2ccc(OCCc3ccc(/C(S)=C(/S)c4ccccn4)cc3)cc2)cc1. The molecule has 184 valence electrons. The van der Waals surface area contributed by atoms with E-state index < -0.39 is 0 Å². The van der Waals surface area contributed by atoms with E-state index in [1.807, 2.05) is 42.5 Å². The highest BCUT2D eigenvalue weighted by Gasteiger charge is 2.07. The number of thiol groups is 2. The number of hydrogen-bond donors (Lipinski definition) is 2. The molecule has 0 aliphatic carbocycles. The van der Waals surface area contributed by atoms with Crippen LogP contribution in [0.15, 0.2) is 97.2 Å². The van der Waals surface area contributed by atoms with Gasteiger partial charge in [0.1, 0.15) is 11.5 Å². The summed E-state index contributed by atoms with van der Waals surface area (Å²) in [5.41, 5.74) is 5.33. The first kappa shape index (κ1) is 25.9. The molecule has 0 amide bonds. The normalized spacial score (nSPS) is 12.6. The summed E-state index contributed by atoms with van der Waals surface area (Å²) in [7, 11) is 0. The van der Waals surface area contributed by atoms with Gasteiger partial charge < -0.3 is 9.47 Å². The molecule has 0 spiro atoms. The smallest absolute Gasteiger partial charge is 0.119 e. The highest BCUT2D eigenvalue weighted by atomic mass is 32.1. The average Bonchev–Trinajstić information content (AvgIpc) is 2.94. The predicted molar refractivity (Wildman–Crippen MR) is 157 cm³/mol. The Labute approximate surface area is 225 Å². The molecule has 3 aromatic carbocycles. The van der Waals surface area contributed by atoms with E-state index in [4.69, 9.17) is 9.47 Å². The van der Waals surface area contributed by atoms with Crippen molar-refractivity contribution in [2.24, 2.45) is 0 Å². The van der Waals surface area contributed by atoms with Crippen LogP contribution in [0.3, 0.4) is 0 Å². The van der Waals surface area contributed by atoms with Crippen LogP contribution in [0.2, 0.25) is 0 Å². The van der Waals surface area contributed by atoms with Gasteiger partial charge in [-0.05, 0) is 72.0 Å². The van der Waals surface area contributed by atoms with Gasteiger partial charge in [0.05, 0.1) is 18.4 Å². The third kappa shape index (κ3) is 6.96. The first-order valence-electron chi connectivity index (χ1n) is 12.2. The molecule has 4 rings (SSSR count). The fourth-order valence-electron chi connectivity index (χ4n) is 3.66. The van der Waals surface area contributed by atoms with Crippen LogP contribution in [0.25, 0.3) is 20.9 Å². The number of ether oxygens (including phenoxy) is 2. The van der Waals surface area contributed by atoms with E-state index in [1.165, 1.54) is 5.56 Å². The van der Waals surface area contributed by atoms with Crippen molar-refractivity contribution in [3.8, 4) is 22.6 Å². The van der Waals surface area contributed by atoms with Gasteiger partial charge in [0.25, 0.3) is 0 Å².